The average Bonchev–Trinajstić information content (AvgIpc) is 3.01. The van der Waals surface area contributed by atoms with Gasteiger partial charge >= 0.3 is 0 Å². The number of hydrogen-bond donors (Lipinski definition) is 3. The van der Waals surface area contributed by atoms with Crippen molar-refractivity contribution in [1.82, 2.24) is 9.88 Å². The van der Waals surface area contributed by atoms with Gasteiger partial charge in [0, 0.05) is 30.9 Å². The van der Waals surface area contributed by atoms with Crippen molar-refractivity contribution in [1.29, 1.82) is 5.26 Å². The third-order valence-electron chi connectivity index (χ3n) is 5.97. The van der Waals surface area contributed by atoms with Gasteiger partial charge in [0.25, 0.3) is 0 Å². The van der Waals surface area contributed by atoms with Gasteiger partial charge in [0.1, 0.15) is 23.2 Å². The number of nitrogens with one attached hydrogen (secondary N) is 3. The molecule has 3 heterocycles. The predicted octanol–water partition coefficient (Wildman–Crippen LogP) is 3.27. The Bertz CT molecular complexity index is 1000. The third-order valence-corrected chi connectivity index (χ3v) is 5.97. The van der Waals surface area contributed by atoms with Crippen LogP contribution in [-0.2, 0) is 10.3 Å². The first kappa shape index (κ1) is 20.1. The fourth-order valence-corrected chi connectivity index (χ4v) is 4.38. The minimum Gasteiger partial charge on any atom is -0.384 e. The molecule has 3 N–H and O–H groups in total. The van der Waals surface area contributed by atoms with Gasteiger partial charge in [0.15, 0.2) is 0 Å². The van der Waals surface area contributed by atoms with E-state index >= 15 is 0 Å². The molecule has 156 valence electrons. The number of nitriles is 1. The van der Waals surface area contributed by atoms with Gasteiger partial charge in [-0.1, -0.05) is 0 Å². The van der Waals surface area contributed by atoms with Crippen LogP contribution in [0.1, 0.15) is 37.8 Å². The number of hydrogen-bond acceptors (Lipinski definition) is 6. The highest BCUT2D eigenvalue weighted by molar-refractivity contribution is 6.08. The molecule has 1 fully saturated rings. The molecule has 30 heavy (non-hydrogen) atoms. The molecule has 2 aliphatic rings. The van der Waals surface area contributed by atoms with E-state index < -0.39 is 5.54 Å². The van der Waals surface area contributed by atoms with Crippen LogP contribution in [0, 0.1) is 17.1 Å². The largest absolute Gasteiger partial charge is 0.384 e. The first-order chi connectivity index (χ1) is 14.5. The van der Waals surface area contributed by atoms with E-state index in [1.807, 2.05) is 13.8 Å². The van der Waals surface area contributed by atoms with Crippen molar-refractivity contribution in [2.75, 3.05) is 35.6 Å². The second-order valence-corrected chi connectivity index (χ2v) is 7.91. The Hall–Kier alpha value is -3.18. The number of anilines is 3. The molecule has 7 nitrogen and oxygen atoms in total. The topological polar surface area (TPSA) is 93.1 Å². The fraction of sp³-hybridized carbons (Fsp3) is 0.409. The standard InChI is InChI=1S/C22H25FN6O/c1-3-25-18-10-15(23)9-17-20(18)28-21(30)22(17,2)29-8-4-5-16(13-29)27-19-7-6-14(11-24)12-26-19/h6-7,9-10,12,16,25H,3-5,8,13H2,1-2H3,(H,26,27)(H,28,30)/t16?,22-/m1/s1. The lowest BCUT2D eigenvalue weighted by atomic mass is 9.88. The number of piperidine rings is 1. The van der Waals surface area contributed by atoms with Gasteiger partial charge in [-0.2, -0.15) is 5.26 Å². The molecular weight excluding hydrogens is 383 g/mol. The van der Waals surface area contributed by atoms with Crippen molar-refractivity contribution in [2.45, 2.75) is 38.3 Å². The fourth-order valence-electron chi connectivity index (χ4n) is 4.38. The van der Waals surface area contributed by atoms with Crippen LogP contribution in [0.2, 0.25) is 0 Å². The monoisotopic (exact) mass is 408 g/mol. The van der Waals surface area contributed by atoms with Crippen molar-refractivity contribution < 1.29 is 9.18 Å². The molecule has 1 saturated heterocycles. The number of carbonyl (C=O) groups is 1. The maximum atomic E-state index is 14.4. The van der Waals surface area contributed by atoms with Crippen molar-refractivity contribution in [2.24, 2.45) is 0 Å². The molecule has 2 aromatic rings. The molecular formula is C22H25FN6O. The average molecular weight is 408 g/mol. The van der Waals surface area contributed by atoms with Crippen LogP contribution in [0.5, 0.6) is 0 Å². The van der Waals surface area contributed by atoms with E-state index in [1.54, 1.807) is 12.1 Å². The highest BCUT2D eigenvalue weighted by atomic mass is 19.1. The molecule has 1 aromatic carbocycles. The van der Waals surface area contributed by atoms with Gasteiger partial charge < -0.3 is 16.0 Å². The van der Waals surface area contributed by atoms with Crippen LogP contribution in [0.15, 0.2) is 30.5 Å². The lowest BCUT2D eigenvalue weighted by Gasteiger charge is -2.42. The van der Waals surface area contributed by atoms with Gasteiger partial charge in [0.2, 0.25) is 5.91 Å². The summed E-state index contributed by atoms with van der Waals surface area (Å²) in [6, 6.07) is 8.55. The first-order valence-electron chi connectivity index (χ1n) is 10.2. The van der Waals surface area contributed by atoms with E-state index in [1.165, 1.54) is 18.3 Å². The molecule has 1 aromatic heterocycles. The zero-order chi connectivity index (χ0) is 21.3. The van der Waals surface area contributed by atoms with Crippen LogP contribution >= 0.6 is 0 Å². The van der Waals surface area contributed by atoms with Crippen LogP contribution in [0.4, 0.5) is 21.6 Å². The minimum atomic E-state index is -0.944. The maximum absolute atomic E-state index is 14.4. The summed E-state index contributed by atoms with van der Waals surface area (Å²) in [7, 11) is 0. The maximum Gasteiger partial charge on any atom is 0.249 e. The van der Waals surface area contributed by atoms with Gasteiger partial charge in [-0.15, -0.1) is 0 Å². The lowest BCUT2D eigenvalue weighted by Crippen LogP contribution is -2.55. The Morgan fingerprint density at radius 1 is 1.43 bits per heavy atom. The molecule has 1 amide bonds. The van der Waals surface area contributed by atoms with Crippen LogP contribution in [0.25, 0.3) is 0 Å². The van der Waals surface area contributed by atoms with Gasteiger partial charge in [0.05, 0.1) is 16.9 Å². The number of pyridine rings is 1. The molecule has 0 radical (unpaired) electrons. The van der Waals surface area contributed by atoms with Gasteiger partial charge in [-0.3, -0.25) is 9.69 Å². The Balaban J connectivity index is 1.59. The smallest absolute Gasteiger partial charge is 0.249 e. The lowest BCUT2D eigenvalue weighted by molar-refractivity contribution is -0.127. The van der Waals surface area contributed by atoms with E-state index in [9.17, 15) is 9.18 Å². The number of halogens is 1. The molecule has 0 spiro atoms. The zero-order valence-electron chi connectivity index (χ0n) is 17.1. The Kier molecular flexibility index (Phi) is 5.31. The minimum absolute atomic E-state index is 0.0923. The van der Waals surface area contributed by atoms with Gasteiger partial charge in [-0.05, 0) is 57.5 Å². The second kappa shape index (κ2) is 7.92. The molecule has 2 aliphatic heterocycles. The van der Waals surface area contributed by atoms with Crippen LogP contribution in [-0.4, -0.2) is 41.5 Å². The summed E-state index contributed by atoms with van der Waals surface area (Å²) in [5.74, 6) is 0.197. The number of aromatic nitrogens is 1. The number of nitrogens with zero attached hydrogens (tertiary/aromatic N) is 3. The summed E-state index contributed by atoms with van der Waals surface area (Å²) in [5.41, 5.74) is 1.50. The van der Waals surface area contributed by atoms with E-state index in [-0.39, 0.29) is 17.8 Å². The molecule has 8 heteroatoms. The molecule has 4 rings (SSSR count). The third kappa shape index (κ3) is 3.46. The summed E-state index contributed by atoms with van der Waals surface area (Å²) in [4.78, 5) is 19.5. The quantitative estimate of drug-likeness (QED) is 0.703. The van der Waals surface area contributed by atoms with E-state index in [2.05, 4.69) is 31.9 Å². The van der Waals surface area contributed by atoms with Crippen molar-refractivity contribution in [3.05, 3.63) is 47.4 Å². The number of carbonyl (C=O) groups excluding carboxylic acids is 1. The highest BCUT2D eigenvalue weighted by Crippen LogP contribution is 2.45. The normalized spacial score (nSPS) is 23.4. The Labute approximate surface area is 175 Å². The second-order valence-electron chi connectivity index (χ2n) is 7.91. The first-order valence-corrected chi connectivity index (χ1v) is 10.2. The number of fused-ring (bicyclic) bond motifs is 1. The number of amides is 1. The van der Waals surface area contributed by atoms with Crippen LogP contribution < -0.4 is 16.0 Å². The Morgan fingerprint density at radius 2 is 2.27 bits per heavy atom. The van der Waals surface area contributed by atoms with Crippen molar-refractivity contribution in [3.63, 3.8) is 0 Å². The summed E-state index contributed by atoms with van der Waals surface area (Å²) in [5, 5.41) is 18.4. The highest BCUT2D eigenvalue weighted by Gasteiger charge is 2.49. The van der Waals surface area contributed by atoms with E-state index in [0.29, 0.717) is 41.4 Å². The number of rotatable bonds is 5. The van der Waals surface area contributed by atoms with E-state index in [0.717, 1.165) is 19.4 Å². The summed E-state index contributed by atoms with van der Waals surface area (Å²) in [6.45, 7) is 5.81. The summed E-state index contributed by atoms with van der Waals surface area (Å²) in [6.07, 6.45) is 3.38. The number of likely N-dealkylation sites (tertiary alicyclic amines) is 1. The SMILES string of the molecule is CCNc1cc(F)cc2c1NC(=O)[C@]2(C)N1CCCC(Nc2ccc(C#N)cn2)C1. The van der Waals surface area contributed by atoms with Crippen LogP contribution in [0.3, 0.4) is 0 Å². The molecule has 0 bridgehead atoms. The van der Waals surface area contributed by atoms with Gasteiger partial charge in [-0.25, -0.2) is 9.37 Å². The predicted molar refractivity (Wildman–Crippen MR) is 114 cm³/mol. The molecule has 0 aliphatic carbocycles. The Morgan fingerprint density at radius 3 is 2.97 bits per heavy atom. The zero-order valence-corrected chi connectivity index (χ0v) is 17.1. The molecule has 0 saturated carbocycles. The van der Waals surface area contributed by atoms with Crippen molar-refractivity contribution in [3.8, 4) is 6.07 Å². The number of benzene rings is 1. The molecule has 1 unspecified atom stereocenters. The summed E-state index contributed by atoms with van der Waals surface area (Å²) >= 11 is 0. The van der Waals surface area contributed by atoms with E-state index in [4.69, 9.17) is 5.26 Å². The summed E-state index contributed by atoms with van der Waals surface area (Å²) < 4.78 is 14.4. The van der Waals surface area contributed by atoms with Crippen molar-refractivity contribution >= 4 is 23.1 Å². The molecule has 2 atom stereocenters.